The van der Waals surface area contributed by atoms with E-state index in [0.29, 0.717) is 0 Å². The Bertz CT molecular complexity index is 668. The van der Waals surface area contributed by atoms with Crippen molar-refractivity contribution in [1.82, 2.24) is 0 Å². The van der Waals surface area contributed by atoms with Gasteiger partial charge in [0.05, 0.1) is 0 Å². The van der Waals surface area contributed by atoms with Gasteiger partial charge in [-0.15, -0.1) is 8.80 Å². The van der Waals surface area contributed by atoms with Gasteiger partial charge in [-0.05, 0) is 26.0 Å². The molecule has 21 heavy (non-hydrogen) atoms. The minimum atomic E-state index is -3.97. The largest absolute Gasteiger partial charge is 2.00 e. The van der Waals surface area contributed by atoms with Crippen LogP contribution in [0.4, 0.5) is 0 Å². The van der Waals surface area contributed by atoms with Crippen LogP contribution in [0.1, 0.15) is 13.8 Å². The maximum absolute atomic E-state index is 10.4. The van der Waals surface area contributed by atoms with Crippen molar-refractivity contribution in [3.63, 3.8) is 0 Å². The fourth-order valence-electron chi connectivity index (χ4n) is 1.04. The van der Waals surface area contributed by atoms with Crippen LogP contribution in [-0.2, 0) is 29.0 Å². The summed E-state index contributed by atoms with van der Waals surface area (Å²) in [5.41, 5.74) is 0. The van der Waals surface area contributed by atoms with Crippen molar-refractivity contribution in [2.45, 2.75) is 13.8 Å². The molecule has 13 heteroatoms. The maximum atomic E-state index is 10.4. The number of allylic oxidation sites excluding steroid dienone is 2. The Balaban J connectivity index is 0.000000364. The van der Waals surface area contributed by atoms with Crippen LogP contribution in [0.2, 0.25) is 0 Å². The molecule has 0 amide bonds. The maximum Gasteiger partial charge on any atom is 2.00 e. The van der Waals surface area contributed by atoms with E-state index in [4.69, 9.17) is 0 Å². The Morgan fingerprint density at radius 1 is 0.857 bits per heavy atom. The molecule has 0 saturated carbocycles. The first-order chi connectivity index (χ1) is 8.99. The van der Waals surface area contributed by atoms with Crippen molar-refractivity contribution in [3.8, 4) is 0 Å². The van der Waals surface area contributed by atoms with Gasteiger partial charge in [-0.1, -0.05) is 0 Å². The summed E-state index contributed by atoms with van der Waals surface area (Å²) in [5, 5.41) is 20.8. The van der Waals surface area contributed by atoms with Crippen LogP contribution in [0.25, 0.3) is 0 Å². The van der Waals surface area contributed by atoms with Gasteiger partial charge in [0, 0.05) is 11.8 Å². The van der Waals surface area contributed by atoms with Crippen LogP contribution in [0.15, 0.2) is 32.5 Å². The zero-order valence-electron chi connectivity index (χ0n) is 10.8. The SMILES string of the molecule is CC1=CC([O-])=NS(=O)(=O)O1.CC1=CC([O-])=NS(=O)(=O)O1.[Ca+2]. The molecule has 0 aliphatic carbocycles. The molecular weight excluding hydrogens is 356 g/mol. The molecule has 0 aromatic heterocycles. The summed E-state index contributed by atoms with van der Waals surface area (Å²) >= 11 is 0. The molecular formula is C8H8CaN2O8S2. The zero-order chi connectivity index (χ0) is 15.6. The molecule has 0 N–H and O–H groups in total. The molecule has 0 aromatic carbocycles. The third kappa shape index (κ3) is 7.66. The average molecular weight is 364 g/mol. The van der Waals surface area contributed by atoms with Gasteiger partial charge < -0.3 is 18.6 Å². The van der Waals surface area contributed by atoms with Crippen molar-refractivity contribution in [3.05, 3.63) is 23.7 Å². The summed E-state index contributed by atoms with van der Waals surface area (Å²) in [7, 11) is -7.95. The van der Waals surface area contributed by atoms with Gasteiger partial charge in [0.2, 0.25) is 0 Å². The second kappa shape index (κ2) is 7.44. The molecule has 0 fully saturated rings. The van der Waals surface area contributed by atoms with E-state index in [2.05, 4.69) is 17.2 Å². The van der Waals surface area contributed by atoms with E-state index < -0.39 is 32.4 Å². The van der Waals surface area contributed by atoms with E-state index in [9.17, 15) is 27.0 Å². The summed E-state index contributed by atoms with van der Waals surface area (Å²) in [4.78, 5) is 0. The smallest absolute Gasteiger partial charge is 0.858 e. The summed E-state index contributed by atoms with van der Waals surface area (Å²) in [6, 6.07) is 0. The molecule has 2 aliphatic heterocycles. The molecule has 0 atom stereocenters. The van der Waals surface area contributed by atoms with E-state index in [1.807, 2.05) is 0 Å². The summed E-state index contributed by atoms with van der Waals surface area (Å²) in [6.45, 7) is 2.73. The molecule has 0 bridgehead atoms. The van der Waals surface area contributed by atoms with Crippen molar-refractivity contribution < 1.29 is 35.4 Å². The van der Waals surface area contributed by atoms with Crippen LogP contribution >= 0.6 is 0 Å². The van der Waals surface area contributed by atoms with Gasteiger partial charge >= 0.3 is 58.3 Å². The third-order valence-electron chi connectivity index (χ3n) is 1.53. The average Bonchev–Trinajstić information content (AvgIpc) is 2.08. The van der Waals surface area contributed by atoms with Crippen molar-refractivity contribution >= 4 is 70.1 Å². The van der Waals surface area contributed by atoms with E-state index in [1.54, 1.807) is 0 Å². The summed E-state index contributed by atoms with van der Waals surface area (Å²) in [6.07, 6.45) is 2.00. The van der Waals surface area contributed by atoms with Gasteiger partial charge in [-0.2, -0.15) is 16.8 Å². The Labute approximate surface area is 151 Å². The molecule has 0 aromatic rings. The fourth-order valence-corrected chi connectivity index (χ4v) is 2.42. The third-order valence-corrected chi connectivity index (χ3v) is 3.28. The second-order valence-electron chi connectivity index (χ2n) is 3.39. The van der Waals surface area contributed by atoms with Crippen molar-refractivity contribution in [2.24, 2.45) is 8.80 Å². The number of hydrogen-bond donors (Lipinski definition) is 0. The van der Waals surface area contributed by atoms with Crippen molar-refractivity contribution in [1.29, 1.82) is 0 Å². The van der Waals surface area contributed by atoms with E-state index in [-0.39, 0.29) is 49.3 Å². The first-order valence-corrected chi connectivity index (χ1v) is 7.51. The molecule has 0 unspecified atom stereocenters. The zero-order valence-corrected chi connectivity index (χ0v) is 14.7. The summed E-state index contributed by atoms with van der Waals surface area (Å²) in [5.74, 6) is -1.52. The predicted octanol–water partition coefficient (Wildman–Crippen LogP) is -2.53. The minimum Gasteiger partial charge on any atom is -0.858 e. The van der Waals surface area contributed by atoms with Gasteiger partial charge in [0.25, 0.3) is 0 Å². The molecule has 10 nitrogen and oxygen atoms in total. The van der Waals surface area contributed by atoms with Gasteiger partial charge in [-0.3, -0.25) is 0 Å². The fraction of sp³-hybridized carbons (Fsp3) is 0.250. The Kier molecular flexibility index (Phi) is 7.15. The Morgan fingerprint density at radius 3 is 1.33 bits per heavy atom. The molecule has 2 rings (SSSR count). The second-order valence-corrected chi connectivity index (χ2v) is 5.80. The molecule has 0 spiro atoms. The minimum absolute atomic E-state index is 0. The van der Waals surface area contributed by atoms with Gasteiger partial charge in [0.1, 0.15) is 11.5 Å². The first-order valence-electron chi connectivity index (χ1n) is 4.78. The van der Waals surface area contributed by atoms with Gasteiger partial charge in [-0.25, -0.2) is 0 Å². The number of nitrogens with zero attached hydrogens (tertiary/aromatic N) is 2. The van der Waals surface area contributed by atoms with Crippen LogP contribution < -0.4 is 10.2 Å². The molecule has 0 saturated heterocycles. The Morgan fingerprint density at radius 2 is 1.14 bits per heavy atom. The molecule has 112 valence electrons. The quantitative estimate of drug-likeness (QED) is 0.426. The number of rotatable bonds is 0. The normalized spacial score (nSPS) is 21.4. The standard InChI is InChI=1S/2C4H5NO4S.Ca/c2*1-3-2-4(6)5-10(7,8)9-3;/h2*2H,1H3,(H,5,6);/q;;+2/p-2. The topological polar surface area (TPSA) is 158 Å². The van der Waals surface area contributed by atoms with E-state index in [1.165, 1.54) is 13.8 Å². The molecule has 0 radical (unpaired) electrons. The van der Waals surface area contributed by atoms with E-state index in [0.717, 1.165) is 12.2 Å². The first kappa shape index (κ1) is 20.2. The summed E-state index contributed by atoms with van der Waals surface area (Å²) < 4.78 is 55.5. The van der Waals surface area contributed by atoms with E-state index >= 15 is 0 Å². The Hall–Kier alpha value is -0.820. The molecule has 2 heterocycles. The van der Waals surface area contributed by atoms with Gasteiger partial charge in [0.15, 0.2) is 0 Å². The van der Waals surface area contributed by atoms with Crippen LogP contribution in [0.3, 0.4) is 0 Å². The number of hydrogen-bond acceptors (Lipinski definition) is 8. The molecule has 2 aliphatic rings. The van der Waals surface area contributed by atoms with Crippen LogP contribution in [0.5, 0.6) is 0 Å². The monoisotopic (exact) mass is 364 g/mol. The van der Waals surface area contributed by atoms with Crippen molar-refractivity contribution in [2.75, 3.05) is 0 Å². The van der Waals surface area contributed by atoms with Crippen LogP contribution in [-0.4, -0.2) is 66.4 Å². The predicted molar refractivity (Wildman–Crippen MR) is 68.1 cm³/mol. The van der Waals surface area contributed by atoms with Crippen LogP contribution in [0, 0.1) is 0 Å².